The summed E-state index contributed by atoms with van der Waals surface area (Å²) in [6.07, 6.45) is 0. The van der Waals surface area contributed by atoms with Gasteiger partial charge < -0.3 is 22.9 Å². The van der Waals surface area contributed by atoms with Crippen LogP contribution in [0.2, 0.25) is 0 Å². The summed E-state index contributed by atoms with van der Waals surface area (Å²) in [7, 11) is 0. The van der Waals surface area contributed by atoms with E-state index in [4.69, 9.17) is 22.9 Å². The molecule has 0 aromatic rings. The molecule has 0 aromatic carbocycles. The van der Waals surface area contributed by atoms with Crippen molar-refractivity contribution in [2.24, 2.45) is 0 Å². The zero-order valence-electron chi connectivity index (χ0n) is 5.13. The number of hydrogen-bond donors (Lipinski definition) is 0. The van der Waals surface area contributed by atoms with Gasteiger partial charge in [-0.25, -0.2) is 0 Å². The van der Waals surface area contributed by atoms with Crippen LogP contribution in [0.4, 0.5) is 0 Å². The molecule has 5 heteroatoms. The normalized spacial score (nSPS) is 6.67. The molecule has 0 aliphatic rings. The van der Waals surface area contributed by atoms with E-state index in [2.05, 4.69) is 0 Å². The third kappa shape index (κ3) is 55.8. The van der Waals surface area contributed by atoms with Crippen LogP contribution in [0.5, 0.6) is 0 Å². The van der Waals surface area contributed by atoms with Gasteiger partial charge in [-0.15, -0.1) is 0 Å². The van der Waals surface area contributed by atoms with Crippen molar-refractivity contribution < 1.29 is 22.4 Å². The minimum atomic E-state index is 0. The Kier molecular flexibility index (Phi) is 42.5. The fourth-order valence-electron chi connectivity index (χ4n) is 0. The number of nitrogens with one attached hydrogen (secondary N) is 4. The maximum atomic E-state index is 6.26. The molecule has 4 nitrogen and oxygen atoms in total. The van der Waals surface area contributed by atoms with Crippen LogP contribution >= 0.6 is 0 Å². The number of rotatable bonds is 2. The Morgan fingerprint density at radius 2 is 0.667 bits per heavy atom. The van der Waals surface area contributed by atoms with Crippen molar-refractivity contribution >= 4 is 0 Å². The van der Waals surface area contributed by atoms with Gasteiger partial charge in [0.2, 0.25) is 0 Å². The third-order valence-electron chi connectivity index (χ3n) is 0.250. The van der Waals surface area contributed by atoms with Crippen molar-refractivity contribution in [2.45, 2.75) is 0 Å². The molecular formula is C4H12AuN4-4. The van der Waals surface area contributed by atoms with E-state index in [0.717, 1.165) is 0 Å². The standard InChI is InChI=1S/2C2H6N2.Au/c2*3-1-2-4;/h2*3-4H,1-2H2;/q2*-2;. The summed E-state index contributed by atoms with van der Waals surface area (Å²) >= 11 is 0. The van der Waals surface area contributed by atoms with Crippen molar-refractivity contribution in [1.82, 2.24) is 0 Å². The molecule has 0 unspecified atom stereocenters. The molecule has 0 heterocycles. The minimum absolute atomic E-state index is 0. The van der Waals surface area contributed by atoms with Crippen molar-refractivity contribution in [3.8, 4) is 0 Å². The average molecular weight is 313 g/mol. The quantitative estimate of drug-likeness (QED) is 0.699. The first kappa shape index (κ1) is 16.3. The molecule has 0 aromatic heterocycles. The predicted molar refractivity (Wildman–Crippen MR) is 36.8 cm³/mol. The zero-order chi connectivity index (χ0) is 6.83. The van der Waals surface area contributed by atoms with Crippen LogP contribution in [0.25, 0.3) is 22.9 Å². The first-order chi connectivity index (χ1) is 3.83. The zero-order valence-corrected chi connectivity index (χ0v) is 7.30. The second-order valence-electron chi connectivity index (χ2n) is 1.000. The molecule has 4 N–H and O–H groups in total. The molecule has 0 saturated heterocycles. The van der Waals surface area contributed by atoms with Crippen LogP contribution in [0, 0.1) is 0 Å². The summed E-state index contributed by atoms with van der Waals surface area (Å²) in [5.41, 5.74) is 25.1. The van der Waals surface area contributed by atoms with E-state index in [1.165, 1.54) is 0 Å². The van der Waals surface area contributed by atoms with E-state index >= 15 is 0 Å². The third-order valence-corrected chi connectivity index (χ3v) is 0.250. The Morgan fingerprint density at radius 3 is 0.667 bits per heavy atom. The van der Waals surface area contributed by atoms with E-state index in [-0.39, 0.29) is 48.6 Å². The van der Waals surface area contributed by atoms with Gasteiger partial charge in [-0.1, -0.05) is 0 Å². The van der Waals surface area contributed by atoms with E-state index in [9.17, 15) is 0 Å². The van der Waals surface area contributed by atoms with E-state index in [1.54, 1.807) is 0 Å². The summed E-state index contributed by atoms with van der Waals surface area (Å²) in [5.74, 6) is 0. The monoisotopic (exact) mass is 313 g/mol. The van der Waals surface area contributed by atoms with E-state index in [1.807, 2.05) is 0 Å². The molecule has 0 saturated carbocycles. The van der Waals surface area contributed by atoms with Crippen molar-refractivity contribution in [1.29, 1.82) is 0 Å². The topological polar surface area (TPSA) is 95.2 Å². The molecule has 0 amide bonds. The van der Waals surface area contributed by atoms with Crippen LogP contribution in [0.1, 0.15) is 0 Å². The fraction of sp³-hybridized carbons (Fsp3) is 1.00. The molecule has 9 heavy (non-hydrogen) atoms. The summed E-state index contributed by atoms with van der Waals surface area (Å²) in [5, 5.41) is 0. The SMILES string of the molecule is [Au].[NH-]CC[NH-].[NH-]CC[NH-]. The Morgan fingerprint density at radius 1 is 0.556 bits per heavy atom. The van der Waals surface area contributed by atoms with E-state index < -0.39 is 0 Å². The van der Waals surface area contributed by atoms with Crippen molar-refractivity contribution in [3.63, 3.8) is 0 Å². The fourth-order valence-corrected chi connectivity index (χ4v) is 0. The van der Waals surface area contributed by atoms with E-state index in [0.29, 0.717) is 0 Å². The smallest absolute Gasteiger partial charge is 0 e. The van der Waals surface area contributed by atoms with Gasteiger partial charge >= 0.3 is 0 Å². The van der Waals surface area contributed by atoms with Gasteiger partial charge in [-0.3, -0.25) is 0 Å². The Labute approximate surface area is 71.8 Å². The summed E-state index contributed by atoms with van der Waals surface area (Å²) in [4.78, 5) is 0. The van der Waals surface area contributed by atoms with Gasteiger partial charge in [0.05, 0.1) is 0 Å². The molecule has 0 bridgehead atoms. The van der Waals surface area contributed by atoms with Gasteiger partial charge in [0.25, 0.3) is 0 Å². The molecule has 0 aliphatic carbocycles. The van der Waals surface area contributed by atoms with Crippen molar-refractivity contribution in [2.75, 3.05) is 26.2 Å². The summed E-state index contributed by atoms with van der Waals surface area (Å²) < 4.78 is 0. The summed E-state index contributed by atoms with van der Waals surface area (Å²) in [6, 6.07) is 0. The van der Waals surface area contributed by atoms with Gasteiger partial charge in [-0.2, -0.15) is 26.2 Å². The molecule has 1 radical (unpaired) electrons. The van der Waals surface area contributed by atoms with Crippen LogP contribution in [0.3, 0.4) is 0 Å². The van der Waals surface area contributed by atoms with Crippen LogP contribution < -0.4 is 0 Å². The largest absolute Gasteiger partial charge is 0.679 e. The molecular weight excluding hydrogens is 301 g/mol. The van der Waals surface area contributed by atoms with Gasteiger partial charge in [0.1, 0.15) is 0 Å². The molecule has 0 fully saturated rings. The molecule has 63 valence electrons. The van der Waals surface area contributed by atoms with Gasteiger partial charge in [0, 0.05) is 22.4 Å². The average Bonchev–Trinajstić information content (AvgIpc) is 1.88. The molecule has 0 rings (SSSR count). The minimum Gasteiger partial charge on any atom is -0.679 e. The second kappa shape index (κ2) is 23.5. The van der Waals surface area contributed by atoms with Crippen LogP contribution in [-0.4, -0.2) is 26.2 Å². The van der Waals surface area contributed by atoms with Gasteiger partial charge in [-0.05, 0) is 0 Å². The maximum absolute atomic E-state index is 6.26. The summed E-state index contributed by atoms with van der Waals surface area (Å²) in [6.45, 7) is 0.944. The first-order valence-corrected chi connectivity index (χ1v) is 2.41. The van der Waals surface area contributed by atoms with Gasteiger partial charge in [0.15, 0.2) is 0 Å². The molecule has 0 aliphatic heterocycles. The van der Waals surface area contributed by atoms with Crippen molar-refractivity contribution in [3.05, 3.63) is 22.9 Å². The predicted octanol–water partition coefficient (Wildman–Crippen LogP) is 2.18. The maximum Gasteiger partial charge on any atom is 0 e. The molecule has 0 spiro atoms. The van der Waals surface area contributed by atoms with Crippen LogP contribution in [-0.2, 0) is 22.4 Å². The second-order valence-corrected chi connectivity index (χ2v) is 1.000. The molecule has 0 atom stereocenters. The Hall–Kier alpha value is 0.580. The number of hydrogen-bond acceptors (Lipinski definition) is 0. The van der Waals surface area contributed by atoms with Crippen LogP contribution in [0.15, 0.2) is 0 Å². The Bertz CT molecular complexity index is 20.5. The Balaban J connectivity index is -0.0000000720. The first-order valence-electron chi connectivity index (χ1n) is 2.41.